The zero-order valence-corrected chi connectivity index (χ0v) is 15.8. The van der Waals surface area contributed by atoms with Crippen LogP contribution in [0.4, 0.5) is 0 Å². The first-order valence-corrected chi connectivity index (χ1v) is 10.1. The molecular weight excluding hydrogens is 321 g/mol. The number of hydrogen-bond donors (Lipinski definition) is 2. The number of unbranched alkanes of at least 4 members (excludes halogenated alkanes) is 7. The van der Waals surface area contributed by atoms with Crippen LogP contribution in [0, 0.1) is 0 Å². The van der Waals surface area contributed by atoms with Crippen molar-refractivity contribution < 1.29 is 10.0 Å². The average Bonchev–Trinajstić information content (AvgIpc) is 2.98. The van der Waals surface area contributed by atoms with Crippen molar-refractivity contribution in [1.82, 2.24) is 4.57 Å². The van der Waals surface area contributed by atoms with Gasteiger partial charge in [0.15, 0.2) is 0 Å². The Kier molecular flexibility index (Phi) is 6.76. The van der Waals surface area contributed by atoms with Crippen molar-refractivity contribution in [3.63, 3.8) is 0 Å². The van der Waals surface area contributed by atoms with Crippen molar-refractivity contribution in [1.29, 1.82) is 0 Å². The first kappa shape index (κ1) is 19.0. The van der Waals surface area contributed by atoms with Gasteiger partial charge in [-0.05, 0) is 12.5 Å². The standard InChI is InChI=1S/C22H30BNO2/c1-2-3-4-5-6-7-8-11-17-24-21-16-10-9-13-18(21)19-14-12-15-20(22(19)24)23(25)26/h9-10,12-16,25-26H,2-8,11,17H2,1H3. The average molecular weight is 351 g/mol. The molecule has 2 N–H and O–H groups in total. The molecule has 0 aliphatic heterocycles. The Balaban J connectivity index is 1.76. The van der Waals surface area contributed by atoms with E-state index in [1.807, 2.05) is 18.2 Å². The highest BCUT2D eigenvalue weighted by Crippen LogP contribution is 2.28. The molecule has 0 amide bonds. The molecule has 4 heteroatoms. The number of fused-ring (bicyclic) bond motifs is 3. The van der Waals surface area contributed by atoms with Crippen LogP contribution in [0.2, 0.25) is 0 Å². The maximum absolute atomic E-state index is 9.83. The second kappa shape index (κ2) is 9.25. The molecule has 0 aliphatic rings. The van der Waals surface area contributed by atoms with Gasteiger partial charge in [-0.25, -0.2) is 0 Å². The number of benzene rings is 2. The number of rotatable bonds is 10. The van der Waals surface area contributed by atoms with Gasteiger partial charge in [0, 0.05) is 33.8 Å². The molecule has 26 heavy (non-hydrogen) atoms. The lowest BCUT2D eigenvalue weighted by atomic mass is 9.79. The molecule has 138 valence electrons. The first-order chi connectivity index (χ1) is 12.7. The van der Waals surface area contributed by atoms with E-state index in [2.05, 4.69) is 35.8 Å². The Morgan fingerprint density at radius 2 is 1.42 bits per heavy atom. The van der Waals surface area contributed by atoms with Crippen LogP contribution in [0.5, 0.6) is 0 Å². The molecule has 0 radical (unpaired) electrons. The minimum absolute atomic E-state index is 0.596. The van der Waals surface area contributed by atoms with Crippen LogP contribution in [-0.2, 0) is 6.54 Å². The zero-order chi connectivity index (χ0) is 18.4. The minimum Gasteiger partial charge on any atom is -0.423 e. The Hall–Kier alpha value is -1.78. The summed E-state index contributed by atoms with van der Waals surface area (Å²) in [5, 5.41) is 21.9. The molecule has 0 fully saturated rings. The van der Waals surface area contributed by atoms with Crippen LogP contribution in [0.3, 0.4) is 0 Å². The molecule has 0 saturated carbocycles. The zero-order valence-electron chi connectivity index (χ0n) is 15.8. The number of nitrogens with zero attached hydrogens (tertiary/aromatic N) is 1. The Bertz CT molecular complexity index is 841. The van der Waals surface area contributed by atoms with Crippen LogP contribution < -0.4 is 5.46 Å². The summed E-state index contributed by atoms with van der Waals surface area (Å²) in [5.74, 6) is 0. The van der Waals surface area contributed by atoms with E-state index in [9.17, 15) is 10.0 Å². The predicted molar refractivity (Wildman–Crippen MR) is 112 cm³/mol. The molecule has 0 aliphatic carbocycles. The van der Waals surface area contributed by atoms with E-state index in [0.717, 1.165) is 23.9 Å². The molecule has 2 aromatic carbocycles. The van der Waals surface area contributed by atoms with E-state index in [1.54, 1.807) is 0 Å². The topological polar surface area (TPSA) is 45.4 Å². The maximum Gasteiger partial charge on any atom is 0.490 e. The fourth-order valence-electron chi connectivity index (χ4n) is 3.98. The highest BCUT2D eigenvalue weighted by Gasteiger charge is 2.20. The fraction of sp³-hybridized carbons (Fsp3) is 0.455. The van der Waals surface area contributed by atoms with E-state index < -0.39 is 7.12 Å². The van der Waals surface area contributed by atoms with Gasteiger partial charge in [-0.2, -0.15) is 0 Å². The normalized spacial score (nSPS) is 11.5. The number of aryl methyl sites for hydroxylation is 1. The molecular formula is C22H30BNO2. The van der Waals surface area contributed by atoms with Crippen LogP contribution in [0.25, 0.3) is 21.8 Å². The van der Waals surface area contributed by atoms with Crippen LogP contribution in [-0.4, -0.2) is 21.7 Å². The van der Waals surface area contributed by atoms with Crippen molar-refractivity contribution in [3.8, 4) is 0 Å². The lowest BCUT2D eigenvalue weighted by Gasteiger charge is -2.11. The highest BCUT2D eigenvalue weighted by atomic mass is 16.4. The van der Waals surface area contributed by atoms with Gasteiger partial charge in [0.1, 0.15) is 0 Å². The molecule has 0 saturated heterocycles. The van der Waals surface area contributed by atoms with Gasteiger partial charge in [0.05, 0.1) is 0 Å². The molecule has 0 spiro atoms. The summed E-state index contributed by atoms with van der Waals surface area (Å²) >= 11 is 0. The van der Waals surface area contributed by atoms with Gasteiger partial charge in [-0.3, -0.25) is 0 Å². The summed E-state index contributed by atoms with van der Waals surface area (Å²) in [5.41, 5.74) is 2.74. The minimum atomic E-state index is -1.44. The molecule has 1 heterocycles. The third kappa shape index (κ3) is 4.13. The maximum atomic E-state index is 9.83. The lowest BCUT2D eigenvalue weighted by molar-refractivity contribution is 0.426. The summed E-state index contributed by atoms with van der Waals surface area (Å²) in [6.45, 7) is 3.17. The number of hydrogen-bond acceptors (Lipinski definition) is 2. The quantitative estimate of drug-likeness (QED) is 0.414. The second-order valence-electron chi connectivity index (χ2n) is 7.26. The van der Waals surface area contributed by atoms with Crippen LogP contribution in [0.1, 0.15) is 58.3 Å². The highest BCUT2D eigenvalue weighted by molar-refractivity contribution is 6.62. The molecule has 0 bridgehead atoms. The molecule has 3 nitrogen and oxygen atoms in total. The molecule has 3 aromatic rings. The summed E-state index contributed by atoms with van der Waals surface area (Å²) in [6, 6.07) is 14.2. The Morgan fingerprint density at radius 3 is 2.15 bits per heavy atom. The van der Waals surface area contributed by atoms with E-state index in [4.69, 9.17) is 0 Å². The number of para-hydroxylation sites is 2. The van der Waals surface area contributed by atoms with Crippen molar-refractivity contribution in [3.05, 3.63) is 42.5 Å². The van der Waals surface area contributed by atoms with Gasteiger partial charge in [-0.15, -0.1) is 0 Å². The molecule has 3 rings (SSSR count). The van der Waals surface area contributed by atoms with Crippen molar-refractivity contribution >= 4 is 34.4 Å². The molecule has 0 atom stereocenters. The molecule has 1 aromatic heterocycles. The van der Waals surface area contributed by atoms with Gasteiger partial charge in [-0.1, -0.05) is 88.3 Å². The Morgan fingerprint density at radius 1 is 0.769 bits per heavy atom. The SMILES string of the molecule is CCCCCCCCCCn1c2ccccc2c2cccc(B(O)O)c21. The van der Waals surface area contributed by atoms with Gasteiger partial charge in [0.2, 0.25) is 0 Å². The Labute approximate surface area is 156 Å². The van der Waals surface area contributed by atoms with Crippen molar-refractivity contribution in [2.45, 2.75) is 64.8 Å². The van der Waals surface area contributed by atoms with Crippen molar-refractivity contribution in [2.24, 2.45) is 0 Å². The predicted octanol–water partition coefficient (Wildman–Crippen LogP) is 4.62. The fourth-order valence-corrected chi connectivity index (χ4v) is 3.98. The van der Waals surface area contributed by atoms with E-state index in [1.165, 1.54) is 55.8 Å². The number of aromatic nitrogens is 1. The lowest BCUT2D eigenvalue weighted by Crippen LogP contribution is -2.31. The van der Waals surface area contributed by atoms with Gasteiger partial charge < -0.3 is 14.6 Å². The van der Waals surface area contributed by atoms with E-state index in [0.29, 0.717) is 5.46 Å². The van der Waals surface area contributed by atoms with Gasteiger partial charge >= 0.3 is 7.12 Å². The molecule has 0 unspecified atom stereocenters. The largest absolute Gasteiger partial charge is 0.490 e. The summed E-state index contributed by atoms with van der Waals surface area (Å²) in [6.07, 6.45) is 10.3. The second-order valence-corrected chi connectivity index (χ2v) is 7.26. The van der Waals surface area contributed by atoms with E-state index in [-0.39, 0.29) is 0 Å². The van der Waals surface area contributed by atoms with Crippen LogP contribution in [0.15, 0.2) is 42.5 Å². The third-order valence-electron chi connectivity index (χ3n) is 5.34. The summed E-state index contributed by atoms with van der Waals surface area (Å²) in [4.78, 5) is 0. The third-order valence-corrected chi connectivity index (χ3v) is 5.34. The first-order valence-electron chi connectivity index (χ1n) is 10.1. The monoisotopic (exact) mass is 351 g/mol. The smallest absolute Gasteiger partial charge is 0.423 e. The van der Waals surface area contributed by atoms with Crippen LogP contribution >= 0.6 is 0 Å². The van der Waals surface area contributed by atoms with Gasteiger partial charge in [0.25, 0.3) is 0 Å². The summed E-state index contributed by atoms with van der Waals surface area (Å²) in [7, 11) is -1.44. The van der Waals surface area contributed by atoms with Crippen molar-refractivity contribution in [2.75, 3.05) is 0 Å². The summed E-state index contributed by atoms with van der Waals surface area (Å²) < 4.78 is 2.27. The van der Waals surface area contributed by atoms with E-state index >= 15 is 0 Å².